The Kier molecular flexibility index (Phi) is 8.03. The summed E-state index contributed by atoms with van der Waals surface area (Å²) in [5, 5.41) is 13.1. The van der Waals surface area contributed by atoms with Crippen molar-refractivity contribution in [3.8, 4) is 0 Å². The van der Waals surface area contributed by atoms with Crippen molar-refractivity contribution in [2.45, 2.75) is 96.2 Å². The third kappa shape index (κ3) is 6.90. The standard InChI is InChI=1S/C25H35BrN6O6S/c1-23(2,3)37-21(34)29-13-8-10-25(11-9-15(13)36-25)17-14(12-27-32(17)7)28-18(33)16-19(39-20(26)30-16)31-22(35)38-24(4,5)6/h12-13,15H,8-11H2,1-7H3,(H,28,33)(H,29,34)(H,31,35)/t13-,15-,25-/m1/s1. The third-order valence-electron chi connectivity index (χ3n) is 6.27. The van der Waals surface area contributed by atoms with Gasteiger partial charge in [-0.1, -0.05) is 11.3 Å². The number of aromatic nitrogens is 3. The summed E-state index contributed by atoms with van der Waals surface area (Å²) in [7, 11) is 1.80. The fourth-order valence-corrected chi connectivity index (χ4v) is 6.26. The molecule has 3 N–H and O–H groups in total. The Morgan fingerprint density at radius 1 is 1.08 bits per heavy atom. The molecular weight excluding hydrogens is 592 g/mol. The second kappa shape index (κ2) is 10.7. The molecule has 214 valence electrons. The van der Waals surface area contributed by atoms with Gasteiger partial charge in [0.05, 0.1) is 29.7 Å². The number of hydrogen-bond acceptors (Lipinski definition) is 9. The number of alkyl carbamates (subject to hydrolysis) is 1. The van der Waals surface area contributed by atoms with Gasteiger partial charge >= 0.3 is 12.2 Å². The Hall–Kier alpha value is -2.71. The van der Waals surface area contributed by atoms with Crippen molar-refractivity contribution in [1.82, 2.24) is 20.1 Å². The molecule has 3 atom stereocenters. The lowest BCUT2D eigenvalue weighted by molar-refractivity contribution is -0.1000. The van der Waals surface area contributed by atoms with Crippen LogP contribution < -0.4 is 16.0 Å². The number of fused-ring (bicyclic) bond motifs is 2. The molecule has 2 aromatic heterocycles. The van der Waals surface area contributed by atoms with Crippen LogP contribution >= 0.6 is 27.3 Å². The SMILES string of the molecule is Cn1ncc(NC(=O)c2nc(Br)sc2NC(=O)OC(C)(C)C)c1[C@@]12CC[C@@H](NC(=O)OC(C)(C)C)[C@@H](CC1)O2. The lowest BCUT2D eigenvalue weighted by atomic mass is 9.89. The summed E-state index contributed by atoms with van der Waals surface area (Å²) in [4.78, 5) is 42.2. The van der Waals surface area contributed by atoms with Crippen LogP contribution in [0.4, 0.5) is 20.3 Å². The van der Waals surface area contributed by atoms with E-state index in [4.69, 9.17) is 14.2 Å². The van der Waals surface area contributed by atoms with Gasteiger partial charge in [-0.15, -0.1) is 0 Å². The molecular formula is C25H35BrN6O6S. The predicted molar refractivity (Wildman–Crippen MR) is 149 cm³/mol. The summed E-state index contributed by atoms with van der Waals surface area (Å²) in [6.07, 6.45) is 2.99. The van der Waals surface area contributed by atoms with Crippen LogP contribution in [0, 0.1) is 0 Å². The fourth-order valence-electron chi connectivity index (χ4n) is 4.92. The highest BCUT2D eigenvalue weighted by molar-refractivity contribution is 9.11. The van der Waals surface area contributed by atoms with Crippen LogP contribution in [0.5, 0.6) is 0 Å². The molecule has 12 nitrogen and oxygen atoms in total. The summed E-state index contributed by atoms with van der Waals surface area (Å²) < 4.78 is 19.4. The van der Waals surface area contributed by atoms with E-state index in [-0.39, 0.29) is 22.8 Å². The van der Waals surface area contributed by atoms with Gasteiger partial charge in [0.25, 0.3) is 5.91 Å². The average Bonchev–Trinajstić information content (AvgIpc) is 3.43. The van der Waals surface area contributed by atoms with Crippen LogP contribution in [0.1, 0.15) is 83.4 Å². The number of carbonyl (C=O) groups is 3. The van der Waals surface area contributed by atoms with Crippen LogP contribution in [0.2, 0.25) is 0 Å². The van der Waals surface area contributed by atoms with E-state index in [1.165, 1.54) is 0 Å². The highest BCUT2D eigenvalue weighted by Gasteiger charge is 2.51. The zero-order valence-electron chi connectivity index (χ0n) is 23.1. The van der Waals surface area contributed by atoms with E-state index in [9.17, 15) is 14.4 Å². The number of nitrogens with one attached hydrogen (secondary N) is 3. The van der Waals surface area contributed by atoms with Gasteiger partial charge in [0, 0.05) is 7.05 Å². The molecule has 2 aliphatic heterocycles. The molecule has 4 rings (SSSR count). The topological polar surface area (TPSA) is 146 Å². The maximum Gasteiger partial charge on any atom is 0.412 e. The zero-order valence-corrected chi connectivity index (χ0v) is 25.5. The van der Waals surface area contributed by atoms with E-state index >= 15 is 0 Å². The first-order valence-electron chi connectivity index (χ1n) is 12.7. The van der Waals surface area contributed by atoms with Crippen molar-refractivity contribution in [1.29, 1.82) is 0 Å². The van der Waals surface area contributed by atoms with Crippen LogP contribution in [0.15, 0.2) is 10.1 Å². The minimum atomic E-state index is -0.696. The van der Waals surface area contributed by atoms with E-state index in [1.54, 1.807) is 38.7 Å². The van der Waals surface area contributed by atoms with E-state index in [0.717, 1.165) is 23.5 Å². The summed E-state index contributed by atoms with van der Waals surface area (Å²) in [6.45, 7) is 10.7. The third-order valence-corrected chi connectivity index (χ3v) is 7.69. The van der Waals surface area contributed by atoms with Crippen molar-refractivity contribution in [2.75, 3.05) is 10.6 Å². The van der Waals surface area contributed by atoms with Crippen LogP contribution in [-0.4, -0.2) is 56.2 Å². The quantitative estimate of drug-likeness (QED) is 0.405. The maximum atomic E-state index is 13.3. The second-order valence-electron chi connectivity index (χ2n) is 11.7. The summed E-state index contributed by atoms with van der Waals surface area (Å²) in [5.74, 6) is -0.511. The minimum absolute atomic E-state index is 0.0422. The minimum Gasteiger partial charge on any atom is -0.444 e. The molecule has 0 spiro atoms. The van der Waals surface area contributed by atoms with Gasteiger partial charge in [-0.05, 0) is 83.2 Å². The van der Waals surface area contributed by atoms with E-state index in [0.29, 0.717) is 28.9 Å². The number of halogens is 1. The lowest BCUT2D eigenvalue weighted by Crippen LogP contribution is -2.49. The number of carbonyl (C=O) groups excluding carboxylic acids is 3. The van der Waals surface area contributed by atoms with Gasteiger partial charge in [-0.2, -0.15) is 5.10 Å². The molecule has 4 heterocycles. The Balaban J connectivity index is 1.49. The number of aryl methyl sites for hydroxylation is 1. The zero-order chi connectivity index (χ0) is 28.8. The number of amides is 3. The largest absolute Gasteiger partial charge is 0.444 e. The van der Waals surface area contributed by atoms with Gasteiger partial charge in [0.2, 0.25) is 0 Å². The number of ether oxygens (including phenoxy) is 3. The van der Waals surface area contributed by atoms with Crippen LogP contribution in [0.3, 0.4) is 0 Å². The van der Waals surface area contributed by atoms with Gasteiger partial charge in [-0.3, -0.25) is 14.8 Å². The summed E-state index contributed by atoms with van der Waals surface area (Å²) in [6, 6.07) is -0.171. The molecule has 0 unspecified atom stereocenters. The van der Waals surface area contributed by atoms with Crippen molar-refractivity contribution in [3.63, 3.8) is 0 Å². The number of nitrogens with zero attached hydrogens (tertiary/aromatic N) is 3. The molecule has 0 aromatic carbocycles. The molecule has 39 heavy (non-hydrogen) atoms. The number of rotatable bonds is 5. The van der Waals surface area contributed by atoms with Gasteiger partial charge in [-0.25, -0.2) is 14.6 Å². The number of anilines is 2. The summed E-state index contributed by atoms with van der Waals surface area (Å²) in [5.41, 5.74) is -0.667. The van der Waals surface area contributed by atoms with Gasteiger partial charge in [0.1, 0.15) is 21.8 Å². The van der Waals surface area contributed by atoms with Gasteiger partial charge in [0.15, 0.2) is 9.61 Å². The van der Waals surface area contributed by atoms with E-state index < -0.39 is 34.9 Å². The van der Waals surface area contributed by atoms with Crippen molar-refractivity contribution < 1.29 is 28.6 Å². The molecule has 0 radical (unpaired) electrons. The Labute approximate surface area is 239 Å². The van der Waals surface area contributed by atoms with Crippen molar-refractivity contribution >= 4 is 56.0 Å². The smallest absolute Gasteiger partial charge is 0.412 e. The monoisotopic (exact) mass is 626 g/mol. The first-order valence-corrected chi connectivity index (χ1v) is 14.3. The second-order valence-corrected chi connectivity index (χ2v) is 14.0. The lowest BCUT2D eigenvalue weighted by Gasteiger charge is -2.38. The molecule has 0 saturated carbocycles. The summed E-state index contributed by atoms with van der Waals surface area (Å²) >= 11 is 4.40. The molecule has 2 saturated heterocycles. The average molecular weight is 628 g/mol. The molecule has 2 fully saturated rings. The maximum absolute atomic E-state index is 13.3. The number of hydrogen-bond donors (Lipinski definition) is 3. The highest BCUT2D eigenvalue weighted by atomic mass is 79.9. The Morgan fingerprint density at radius 3 is 2.38 bits per heavy atom. The number of thiazole rings is 1. The Bertz CT molecular complexity index is 1260. The normalized spacial score (nSPS) is 22.8. The fraction of sp³-hybridized carbons (Fsp3) is 0.640. The van der Waals surface area contributed by atoms with Crippen LogP contribution in [0.25, 0.3) is 0 Å². The molecule has 2 bridgehead atoms. The van der Waals surface area contributed by atoms with E-state index in [1.807, 2.05) is 20.8 Å². The molecule has 2 aliphatic rings. The first kappa shape index (κ1) is 29.3. The van der Waals surface area contributed by atoms with Crippen molar-refractivity contribution in [3.05, 3.63) is 21.5 Å². The van der Waals surface area contributed by atoms with Gasteiger partial charge < -0.3 is 24.8 Å². The predicted octanol–water partition coefficient (Wildman–Crippen LogP) is 5.30. The van der Waals surface area contributed by atoms with Crippen LogP contribution in [-0.2, 0) is 26.9 Å². The molecule has 2 aromatic rings. The molecule has 14 heteroatoms. The Morgan fingerprint density at radius 2 is 1.72 bits per heavy atom. The first-order chi connectivity index (χ1) is 18.1. The molecule has 3 amide bonds. The molecule has 0 aliphatic carbocycles. The van der Waals surface area contributed by atoms with Crippen molar-refractivity contribution in [2.24, 2.45) is 7.05 Å². The van der Waals surface area contributed by atoms with E-state index in [2.05, 4.69) is 42.0 Å². The highest BCUT2D eigenvalue weighted by Crippen LogP contribution is 2.50.